The minimum Gasteiger partial charge on any atom is -0.478 e. The molecule has 0 saturated carbocycles. The van der Waals surface area contributed by atoms with Gasteiger partial charge in [0.25, 0.3) is 0 Å². The van der Waals surface area contributed by atoms with Crippen LogP contribution in [0.3, 0.4) is 0 Å². The van der Waals surface area contributed by atoms with Crippen LogP contribution < -0.4 is 4.74 Å². The Kier molecular flexibility index (Phi) is 3.79. The van der Waals surface area contributed by atoms with Crippen molar-refractivity contribution in [2.75, 3.05) is 0 Å². The summed E-state index contributed by atoms with van der Waals surface area (Å²) >= 11 is 0. The van der Waals surface area contributed by atoms with E-state index in [1.54, 1.807) is 7.05 Å². The maximum atomic E-state index is 13.8. The first-order valence-electron chi connectivity index (χ1n) is 5.52. The molecule has 0 fully saturated rings. The largest absolute Gasteiger partial charge is 0.478 e. The minimum atomic E-state index is -1.21. The highest BCUT2D eigenvalue weighted by atomic mass is 19.1. The van der Waals surface area contributed by atoms with Gasteiger partial charge in [0.2, 0.25) is 0 Å². The van der Waals surface area contributed by atoms with E-state index in [9.17, 15) is 13.6 Å². The fourth-order valence-corrected chi connectivity index (χ4v) is 1.51. The number of halogens is 2. The summed E-state index contributed by atoms with van der Waals surface area (Å²) in [5.74, 6) is -3.44. The molecule has 2 aromatic rings. The van der Waals surface area contributed by atoms with Crippen molar-refractivity contribution in [1.82, 2.24) is 9.78 Å². The predicted molar refractivity (Wildman–Crippen MR) is 66.3 cm³/mol. The number of benzene rings is 1. The molecule has 0 atom stereocenters. The van der Waals surface area contributed by atoms with Crippen LogP contribution >= 0.6 is 0 Å². The lowest BCUT2D eigenvalue weighted by Crippen LogP contribution is -1.94. The molecule has 0 saturated heterocycles. The van der Waals surface area contributed by atoms with Gasteiger partial charge in [0.05, 0.1) is 12.4 Å². The Balaban J connectivity index is 2.29. The van der Waals surface area contributed by atoms with Crippen LogP contribution in [0, 0.1) is 11.6 Å². The summed E-state index contributed by atoms with van der Waals surface area (Å²) in [5, 5.41) is 12.3. The number of aromatic nitrogens is 2. The van der Waals surface area contributed by atoms with Crippen molar-refractivity contribution in [2.24, 2.45) is 7.05 Å². The number of hydrogen-bond donors (Lipinski definition) is 1. The Morgan fingerprint density at radius 2 is 2.05 bits per heavy atom. The second-order valence-corrected chi connectivity index (χ2v) is 3.94. The summed E-state index contributed by atoms with van der Waals surface area (Å²) < 4.78 is 34.0. The summed E-state index contributed by atoms with van der Waals surface area (Å²) in [5.41, 5.74) is 0.0842. The molecule has 0 bridgehead atoms. The van der Waals surface area contributed by atoms with Crippen LogP contribution in [0.4, 0.5) is 8.78 Å². The predicted octanol–water partition coefficient (Wildman–Crippen LogP) is 2.59. The van der Waals surface area contributed by atoms with Gasteiger partial charge in [-0.1, -0.05) is 0 Å². The Bertz CT molecular complexity index is 657. The molecule has 2 rings (SSSR count). The monoisotopic (exact) mass is 280 g/mol. The molecule has 0 spiro atoms. The Morgan fingerprint density at radius 3 is 2.55 bits per heavy atom. The van der Waals surface area contributed by atoms with Crippen molar-refractivity contribution in [3.05, 3.63) is 47.8 Å². The van der Waals surface area contributed by atoms with Crippen LogP contribution in [0.2, 0.25) is 0 Å². The lowest BCUT2D eigenvalue weighted by atomic mass is 10.2. The fourth-order valence-electron chi connectivity index (χ4n) is 1.51. The molecule has 0 amide bonds. The van der Waals surface area contributed by atoms with E-state index in [1.165, 1.54) is 17.1 Å². The van der Waals surface area contributed by atoms with Crippen molar-refractivity contribution in [3.8, 4) is 11.5 Å². The highest BCUT2D eigenvalue weighted by Crippen LogP contribution is 2.28. The number of carboxylic acids is 1. The molecular weight excluding hydrogens is 270 g/mol. The Hall–Kier alpha value is -2.70. The molecular formula is C13H10F2N2O3. The van der Waals surface area contributed by atoms with Gasteiger partial charge in [-0.2, -0.15) is 5.10 Å². The number of carbonyl (C=O) groups is 1. The number of aryl methyl sites for hydroxylation is 1. The Morgan fingerprint density at radius 1 is 1.40 bits per heavy atom. The number of rotatable bonds is 4. The average Bonchev–Trinajstić information content (AvgIpc) is 2.77. The molecule has 0 unspecified atom stereocenters. The van der Waals surface area contributed by atoms with Crippen molar-refractivity contribution in [2.45, 2.75) is 0 Å². The van der Waals surface area contributed by atoms with Gasteiger partial charge < -0.3 is 9.84 Å². The standard InChI is InChI=1S/C13H10F2N2O3/c1-17-7-9(6-16-17)20-13-10(14)4-8(5-11(13)15)2-3-12(18)19/h2-7H,1H3,(H,18,19)/b3-2+. The molecule has 1 aromatic carbocycles. The first-order chi connectivity index (χ1) is 9.45. The molecule has 0 aliphatic heterocycles. The highest BCUT2D eigenvalue weighted by Gasteiger charge is 2.13. The maximum absolute atomic E-state index is 13.8. The van der Waals surface area contributed by atoms with Gasteiger partial charge in [-0.25, -0.2) is 13.6 Å². The molecule has 0 radical (unpaired) electrons. The zero-order valence-electron chi connectivity index (χ0n) is 10.4. The van der Waals surface area contributed by atoms with Gasteiger partial charge >= 0.3 is 5.97 Å². The normalized spacial score (nSPS) is 10.9. The average molecular weight is 280 g/mol. The van der Waals surface area contributed by atoms with E-state index in [-0.39, 0.29) is 11.3 Å². The zero-order chi connectivity index (χ0) is 14.7. The van der Waals surface area contributed by atoms with Crippen molar-refractivity contribution in [1.29, 1.82) is 0 Å². The molecule has 7 heteroatoms. The molecule has 1 N–H and O–H groups in total. The van der Waals surface area contributed by atoms with Crippen molar-refractivity contribution < 1.29 is 23.4 Å². The second kappa shape index (κ2) is 5.52. The molecule has 1 heterocycles. The summed E-state index contributed by atoms with van der Waals surface area (Å²) in [6, 6.07) is 1.96. The SMILES string of the molecule is Cn1cc(Oc2c(F)cc(/C=C/C(=O)O)cc2F)cn1. The van der Waals surface area contributed by atoms with Gasteiger partial charge in [0.1, 0.15) is 0 Å². The zero-order valence-corrected chi connectivity index (χ0v) is 10.4. The number of carboxylic acid groups (broad SMARTS) is 1. The van der Waals surface area contributed by atoms with Crippen LogP contribution in [-0.2, 0) is 11.8 Å². The Labute approximate surface area is 112 Å². The van der Waals surface area contributed by atoms with E-state index in [1.807, 2.05) is 0 Å². The first kappa shape index (κ1) is 13.7. The van der Waals surface area contributed by atoms with Crippen LogP contribution in [-0.4, -0.2) is 20.9 Å². The van der Waals surface area contributed by atoms with Crippen LogP contribution in [0.25, 0.3) is 6.08 Å². The van der Waals surface area contributed by atoms with Gasteiger partial charge in [0.15, 0.2) is 23.1 Å². The van der Waals surface area contributed by atoms with Gasteiger partial charge in [-0.05, 0) is 23.8 Å². The number of nitrogens with zero attached hydrogens (tertiary/aromatic N) is 2. The molecule has 20 heavy (non-hydrogen) atoms. The van der Waals surface area contributed by atoms with E-state index < -0.39 is 23.4 Å². The lowest BCUT2D eigenvalue weighted by molar-refractivity contribution is -0.131. The third-order valence-electron chi connectivity index (χ3n) is 2.34. The van der Waals surface area contributed by atoms with Crippen LogP contribution in [0.15, 0.2) is 30.6 Å². The topological polar surface area (TPSA) is 64.3 Å². The van der Waals surface area contributed by atoms with Crippen LogP contribution in [0.5, 0.6) is 11.5 Å². The maximum Gasteiger partial charge on any atom is 0.328 e. The summed E-state index contributed by atoms with van der Waals surface area (Å²) in [7, 11) is 1.64. The van der Waals surface area contributed by atoms with Crippen LogP contribution in [0.1, 0.15) is 5.56 Å². The smallest absolute Gasteiger partial charge is 0.328 e. The van der Waals surface area contributed by atoms with Crippen molar-refractivity contribution in [3.63, 3.8) is 0 Å². The first-order valence-corrected chi connectivity index (χ1v) is 5.52. The highest BCUT2D eigenvalue weighted by molar-refractivity contribution is 5.85. The quantitative estimate of drug-likeness (QED) is 0.874. The molecule has 5 nitrogen and oxygen atoms in total. The molecule has 0 aliphatic carbocycles. The van der Waals surface area contributed by atoms with E-state index in [2.05, 4.69) is 5.10 Å². The lowest BCUT2D eigenvalue weighted by Gasteiger charge is -2.06. The van der Waals surface area contributed by atoms with Gasteiger partial charge in [0, 0.05) is 13.1 Å². The van der Waals surface area contributed by atoms with Gasteiger partial charge in [-0.15, -0.1) is 0 Å². The van der Waals surface area contributed by atoms with E-state index >= 15 is 0 Å². The fraction of sp³-hybridized carbons (Fsp3) is 0.0769. The number of ether oxygens (including phenoxy) is 1. The summed E-state index contributed by atoms with van der Waals surface area (Å²) in [6.45, 7) is 0. The molecule has 104 valence electrons. The number of aliphatic carboxylic acids is 1. The van der Waals surface area contributed by atoms with E-state index in [0.29, 0.717) is 0 Å². The third kappa shape index (κ3) is 3.19. The van der Waals surface area contributed by atoms with E-state index in [0.717, 1.165) is 24.3 Å². The molecule has 0 aliphatic rings. The summed E-state index contributed by atoms with van der Waals surface area (Å²) in [6.07, 6.45) is 4.65. The van der Waals surface area contributed by atoms with Gasteiger partial charge in [-0.3, -0.25) is 4.68 Å². The molecule has 1 aromatic heterocycles. The summed E-state index contributed by atoms with van der Waals surface area (Å²) in [4.78, 5) is 10.3. The minimum absolute atomic E-state index is 0.0842. The third-order valence-corrected chi connectivity index (χ3v) is 2.34. The van der Waals surface area contributed by atoms with Crippen molar-refractivity contribution >= 4 is 12.0 Å². The van der Waals surface area contributed by atoms with E-state index in [4.69, 9.17) is 9.84 Å². The number of hydrogen-bond acceptors (Lipinski definition) is 3. The second-order valence-electron chi connectivity index (χ2n) is 3.94.